The van der Waals surface area contributed by atoms with Crippen molar-refractivity contribution in [2.75, 3.05) is 13.7 Å². The second-order valence-electron chi connectivity index (χ2n) is 6.24. The fraction of sp³-hybridized carbons (Fsp3) is 0.556. The van der Waals surface area contributed by atoms with Gasteiger partial charge in [-0.2, -0.15) is 13.2 Å². The molecule has 0 aromatic heterocycles. The van der Waals surface area contributed by atoms with Crippen LogP contribution in [0.5, 0.6) is 0 Å². The van der Waals surface area contributed by atoms with Gasteiger partial charge in [0.2, 0.25) is 0 Å². The van der Waals surface area contributed by atoms with Gasteiger partial charge in [0.05, 0.1) is 0 Å². The van der Waals surface area contributed by atoms with E-state index in [-0.39, 0.29) is 0 Å². The van der Waals surface area contributed by atoms with Crippen LogP contribution in [0.3, 0.4) is 0 Å². The molecule has 0 unspecified atom stereocenters. The smallest absolute Gasteiger partial charge is 0.432 e. The lowest BCUT2D eigenvalue weighted by atomic mass is 9.91. The van der Waals surface area contributed by atoms with Gasteiger partial charge >= 0.3 is 12.1 Å². The van der Waals surface area contributed by atoms with Crippen molar-refractivity contribution in [1.29, 1.82) is 0 Å². The molecule has 1 aliphatic rings. The molecular weight excluding hydrogens is 353 g/mol. The summed E-state index contributed by atoms with van der Waals surface area (Å²) in [6.45, 7) is -0.911. The summed E-state index contributed by atoms with van der Waals surface area (Å²) < 4.78 is 51.3. The largest absolute Gasteiger partial charge is 0.451 e. The monoisotopic (exact) mass is 374 g/mol. The fourth-order valence-electron chi connectivity index (χ4n) is 3.36. The van der Waals surface area contributed by atoms with Crippen LogP contribution in [0.15, 0.2) is 30.3 Å². The van der Waals surface area contributed by atoms with Crippen LogP contribution < -0.4 is 0 Å². The van der Waals surface area contributed by atoms with E-state index in [1.54, 1.807) is 0 Å². The van der Waals surface area contributed by atoms with E-state index in [1.165, 1.54) is 18.2 Å². The predicted molar refractivity (Wildman–Crippen MR) is 85.1 cm³/mol. The molecule has 1 N–H and O–H groups in total. The molecule has 2 rings (SSSR count). The average molecular weight is 374 g/mol. The van der Waals surface area contributed by atoms with Crippen LogP contribution in [0.25, 0.3) is 0 Å². The molecule has 1 aliphatic carbocycles. The fourth-order valence-corrected chi connectivity index (χ4v) is 3.36. The second kappa shape index (κ2) is 8.18. The molecule has 1 fully saturated rings. The van der Waals surface area contributed by atoms with Gasteiger partial charge in [-0.1, -0.05) is 43.2 Å². The Balaban J connectivity index is 2.41. The molecule has 1 aromatic carbocycles. The van der Waals surface area contributed by atoms with Crippen LogP contribution in [0.1, 0.15) is 31.2 Å². The highest BCUT2D eigenvalue weighted by Crippen LogP contribution is 2.43. The highest BCUT2D eigenvalue weighted by molar-refractivity contribution is 5.89. The molecule has 8 heteroatoms. The number of alkyl halides is 3. The molecule has 1 saturated carbocycles. The first kappa shape index (κ1) is 20.4. The SMILES string of the molecule is CO[C@](C(=O)O[C@H](C(=O)CO)C1CCCC1)(c1ccccc1)C(F)(F)F. The number of ketones is 1. The molecule has 0 spiro atoms. The zero-order valence-corrected chi connectivity index (χ0v) is 14.3. The van der Waals surface area contributed by atoms with Gasteiger partial charge in [0.25, 0.3) is 5.60 Å². The lowest BCUT2D eigenvalue weighted by molar-refractivity contribution is -0.278. The Morgan fingerprint density at radius 3 is 2.23 bits per heavy atom. The summed E-state index contributed by atoms with van der Waals surface area (Å²) in [6.07, 6.45) is -3.88. The topological polar surface area (TPSA) is 72.8 Å². The minimum Gasteiger partial charge on any atom is -0.451 e. The predicted octanol–water partition coefficient (Wildman–Crippen LogP) is 2.75. The second-order valence-corrected chi connectivity index (χ2v) is 6.24. The molecule has 26 heavy (non-hydrogen) atoms. The standard InChI is InChI=1S/C18H21F3O5/c1-25-17(18(19,20)21,13-9-3-2-4-10-13)16(24)26-15(14(23)11-22)12-7-5-6-8-12/h2-4,9-10,12,15,22H,5-8,11H2,1H3/t15-,17-/m0/s1. The normalized spacial score (nSPS) is 19.0. The van der Waals surface area contributed by atoms with Gasteiger partial charge in [0, 0.05) is 18.6 Å². The number of methoxy groups -OCH3 is 1. The minimum absolute atomic E-state index is 0.405. The van der Waals surface area contributed by atoms with Crippen molar-refractivity contribution in [3.05, 3.63) is 35.9 Å². The third kappa shape index (κ3) is 3.76. The van der Waals surface area contributed by atoms with Crippen molar-refractivity contribution < 1.29 is 37.3 Å². The first-order chi connectivity index (χ1) is 12.3. The van der Waals surface area contributed by atoms with Crippen molar-refractivity contribution >= 4 is 11.8 Å². The van der Waals surface area contributed by atoms with Gasteiger partial charge < -0.3 is 14.6 Å². The maximum atomic E-state index is 13.9. The summed E-state index contributed by atoms with van der Waals surface area (Å²) in [5.74, 6) is -2.93. The number of hydrogen-bond donors (Lipinski definition) is 1. The molecule has 5 nitrogen and oxygen atoms in total. The summed E-state index contributed by atoms with van der Waals surface area (Å²) in [6, 6.07) is 6.40. The van der Waals surface area contributed by atoms with Crippen molar-refractivity contribution in [1.82, 2.24) is 0 Å². The molecule has 0 radical (unpaired) electrons. The maximum absolute atomic E-state index is 13.9. The van der Waals surface area contributed by atoms with Crippen LogP contribution in [0, 0.1) is 5.92 Å². The summed E-state index contributed by atoms with van der Waals surface area (Å²) in [7, 11) is 0.764. The molecule has 0 aliphatic heterocycles. The Kier molecular flexibility index (Phi) is 6.41. The first-order valence-corrected chi connectivity index (χ1v) is 8.30. The lowest BCUT2D eigenvalue weighted by Crippen LogP contribution is -2.53. The maximum Gasteiger partial charge on any atom is 0.432 e. The number of esters is 1. The molecule has 144 valence electrons. The molecule has 0 heterocycles. The molecule has 0 amide bonds. The highest BCUT2D eigenvalue weighted by atomic mass is 19.4. The van der Waals surface area contributed by atoms with Gasteiger partial charge in [0.1, 0.15) is 6.61 Å². The third-order valence-corrected chi connectivity index (χ3v) is 4.71. The number of halogens is 3. The van der Waals surface area contributed by atoms with E-state index in [2.05, 4.69) is 4.74 Å². The van der Waals surface area contributed by atoms with Crippen LogP contribution in [0.2, 0.25) is 0 Å². The van der Waals surface area contributed by atoms with E-state index in [9.17, 15) is 22.8 Å². The van der Waals surface area contributed by atoms with Crippen LogP contribution in [-0.2, 0) is 24.7 Å². The number of aliphatic hydroxyl groups is 1. The molecule has 1 aromatic rings. The summed E-state index contributed by atoms with van der Waals surface area (Å²) in [5.41, 5.74) is -3.79. The minimum atomic E-state index is -5.11. The third-order valence-electron chi connectivity index (χ3n) is 4.71. The number of rotatable bonds is 7. The number of aliphatic hydroxyl groups excluding tert-OH is 1. The number of hydrogen-bond acceptors (Lipinski definition) is 5. The Morgan fingerprint density at radius 1 is 1.19 bits per heavy atom. The Hall–Kier alpha value is -1.93. The zero-order valence-electron chi connectivity index (χ0n) is 14.3. The van der Waals surface area contributed by atoms with E-state index in [4.69, 9.17) is 9.84 Å². The quantitative estimate of drug-likeness (QED) is 0.743. The summed E-state index contributed by atoms with van der Waals surface area (Å²) in [5, 5.41) is 9.12. The Labute approximate surface area is 149 Å². The van der Waals surface area contributed by atoms with Crippen LogP contribution in [-0.4, -0.2) is 42.9 Å². The number of ether oxygens (including phenoxy) is 2. The number of benzene rings is 1. The molecule has 0 saturated heterocycles. The van der Waals surface area contributed by atoms with Gasteiger partial charge in [0.15, 0.2) is 11.9 Å². The van der Waals surface area contributed by atoms with E-state index >= 15 is 0 Å². The highest BCUT2D eigenvalue weighted by Gasteiger charge is 2.64. The van der Waals surface area contributed by atoms with Crippen LogP contribution >= 0.6 is 0 Å². The van der Waals surface area contributed by atoms with Gasteiger partial charge in [-0.3, -0.25) is 4.79 Å². The molecule has 2 atom stereocenters. The lowest BCUT2D eigenvalue weighted by Gasteiger charge is -2.34. The number of carbonyl (C=O) groups is 2. The van der Waals surface area contributed by atoms with Gasteiger partial charge in [-0.25, -0.2) is 4.79 Å². The summed E-state index contributed by atoms with van der Waals surface area (Å²) >= 11 is 0. The average Bonchev–Trinajstić information content (AvgIpc) is 3.14. The Morgan fingerprint density at radius 2 is 1.77 bits per heavy atom. The van der Waals surface area contributed by atoms with E-state index in [1.807, 2.05) is 0 Å². The zero-order chi connectivity index (χ0) is 19.4. The van der Waals surface area contributed by atoms with E-state index in [0.29, 0.717) is 12.8 Å². The number of Topliss-reactive ketones (excluding diaryl/α,β-unsaturated/α-hetero) is 1. The molecule has 0 bridgehead atoms. The van der Waals surface area contributed by atoms with E-state index < -0.39 is 47.7 Å². The first-order valence-electron chi connectivity index (χ1n) is 8.30. The van der Waals surface area contributed by atoms with Crippen molar-refractivity contribution in [2.24, 2.45) is 5.92 Å². The van der Waals surface area contributed by atoms with Crippen molar-refractivity contribution in [3.8, 4) is 0 Å². The van der Waals surface area contributed by atoms with E-state index in [0.717, 1.165) is 32.1 Å². The Bertz CT molecular complexity index is 625. The van der Waals surface area contributed by atoms with Crippen molar-refractivity contribution in [2.45, 2.75) is 43.6 Å². The van der Waals surface area contributed by atoms with Crippen molar-refractivity contribution in [3.63, 3.8) is 0 Å². The number of carbonyl (C=O) groups excluding carboxylic acids is 2. The van der Waals surface area contributed by atoms with Gasteiger partial charge in [-0.15, -0.1) is 0 Å². The van der Waals surface area contributed by atoms with Gasteiger partial charge in [-0.05, 0) is 12.8 Å². The molecular formula is C18H21F3O5. The summed E-state index contributed by atoms with van der Waals surface area (Å²) in [4.78, 5) is 24.6. The van der Waals surface area contributed by atoms with Crippen LogP contribution in [0.4, 0.5) is 13.2 Å².